The third-order valence-electron chi connectivity index (χ3n) is 3.05. The molecule has 0 heterocycles. The van der Waals surface area contributed by atoms with Crippen LogP contribution in [0.5, 0.6) is 0 Å². The molecule has 3 heteroatoms. The van der Waals surface area contributed by atoms with E-state index in [1.165, 1.54) is 0 Å². The highest BCUT2D eigenvalue weighted by Crippen LogP contribution is 2.15. The van der Waals surface area contributed by atoms with Crippen molar-refractivity contribution in [2.75, 3.05) is 13.1 Å². The Morgan fingerprint density at radius 2 is 1.94 bits per heavy atom. The van der Waals surface area contributed by atoms with E-state index < -0.39 is 11.7 Å². The van der Waals surface area contributed by atoms with Crippen LogP contribution in [-0.4, -0.2) is 28.9 Å². The van der Waals surface area contributed by atoms with Gasteiger partial charge in [0.15, 0.2) is 0 Å². The lowest BCUT2D eigenvalue weighted by Gasteiger charge is -2.22. The van der Waals surface area contributed by atoms with Crippen LogP contribution in [0.1, 0.15) is 38.4 Å². The summed E-state index contributed by atoms with van der Waals surface area (Å²) in [5.41, 5.74) is 0.286. The third-order valence-corrected chi connectivity index (χ3v) is 3.05. The summed E-state index contributed by atoms with van der Waals surface area (Å²) in [5.74, 6) is 0. The van der Waals surface area contributed by atoms with Crippen LogP contribution in [0.25, 0.3) is 0 Å². The standard InChI is InChI=1S/C14H23NO2/c1-3-14(2,17)11-15-10-9-13(16)12-7-5-4-6-8-12/h4-8,13,15-17H,3,9-11H2,1-2H3/t13-,14?/m1/s1. The summed E-state index contributed by atoms with van der Waals surface area (Å²) < 4.78 is 0. The lowest BCUT2D eigenvalue weighted by Crippen LogP contribution is -2.37. The molecule has 1 unspecified atom stereocenters. The maximum absolute atomic E-state index is 9.90. The molecule has 0 aliphatic rings. The SMILES string of the molecule is CCC(C)(O)CNCC[C@@H](O)c1ccccc1. The first-order chi connectivity index (χ1) is 8.05. The molecule has 0 aliphatic carbocycles. The van der Waals surface area contributed by atoms with Crippen molar-refractivity contribution in [1.82, 2.24) is 5.32 Å². The molecule has 0 bridgehead atoms. The fourth-order valence-electron chi connectivity index (χ4n) is 1.56. The first-order valence-corrected chi connectivity index (χ1v) is 6.21. The molecule has 1 aromatic carbocycles. The molecular formula is C14H23NO2. The summed E-state index contributed by atoms with van der Waals surface area (Å²) in [6.45, 7) is 5.03. The van der Waals surface area contributed by atoms with Gasteiger partial charge in [-0.3, -0.25) is 0 Å². The Morgan fingerprint density at radius 1 is 1.29 bits per heavy atom. The van der Waals surface area contributed by atoms with Crippen LogP contribution < -0.4 is 5.32 Å². The number of benzene rings is 1. The Labute approximate surface area is 103 Å². The van der Waals surface area contributed by atoms with Crippen molar-refractivity contribution in [2.24, 2.45) is 0 Å². The molecule has 0 spiro atoms. The smallest absolute Gasteiger partial charge is 0.0802 e. The molecule has 0 saturated carbocycles. The molecule has 0 aliphatic heterocycles. The van der Waals surface area contributed by atoms with Gasteiger partial charge in [0, 0.05) is 6.54 Å². The molecule has 0 radical (unpaired) electrons. The van der Waals surface area contributed by atoms with Crippen LogP contribution in [0.15, 0.2) is 30.3 Å². The average Bonchev–Trinajstić information content (AvgIpc) is 2.35. The van der Waals surface area contributed by atoms with Crippen molar-refractivity contribution in [3.05, 3.63) is 35.9 Å². The lowest BCUT2D eigenvalue weighted by molar-refractivity contribution is 0.0545. The van der Waals surface area contributed by atoms with Gasteiger partial charge in [0.2, 0.25) is 0 Å². The van der Waals surface area contributed by atoms with Crippen LogP contribution in [0.4, 0.5) is 0 Å². The van der Waals surface area contributed by atoms with Gasteiger partial charge in [-0.2, -0.15) is 0 Å². The minimum absolute atomic E-state index is 0.435. The minimum atomic E-state index is -0.655. The molecule has 2 atom stereocenters. The van der Waals surface area contributed by atoms with Gasteiger partial charge in [-0.05, 0) is 31.9 Å². The van der Waals surface area contributed by atoms with Crippen LogP contribution >= 0.6 is 0 Å². The zero-order valence-corrected chi connectivity index (χ0v) is 10.7. The first-order valence-electron chi connectivity index (χ1n) is 6.21. The summed E-state index contributed by atoms with van der Waals surface area (Å²) in [4.78, 5) is 0. The maximum Gasteiger partial charge on any atom is 0.0802 e. The summed E-state index contributed by atoms with van der Waals surface area (Å²) in [6, 6.07) is 9.63. The summed E-state index contributed by atoms with van der Waals surface area (Å²) in [6.07, 6.45) is 0.945. The third kappa shape index (κ3) is 5.31. The van der Waals surface area contributed by atoms with Crippen molar-refractivity contribution < 1.29 is 10.2 Å². The molecule has 0 aromatic heterocycles. The molecule has 3 nitrogen and oxygen atoms in total. The first kappa shape index (κ1) is 14.2. The Balaban J connectivity index is 2.24. The molecule has 1 rings (SSSR count). The maximum atomic E-state index is 9.90. The highest BCUT2D eigenvalue weighted by molar-refractivity contribution is 5.17. The normalized spacial score (nSPS) is 16.5. The summed E-state index contributed by atoms with van der Waals surface area (Å²) >= 11 is 0. The largest absolute Gasteiger partial charge is 0.389 e. The van der Waals surface area contributed by atoms with Gasteiger partial charge >= 0.3 is 0 Å². The minimum Gasteiger partial charge on any atom is -0.389 e. The molecule has 17 heavy (non-hydrogen) atoms. The van der Waals surface area contributed by atoms with E-state index in [0.717, 1.165) is 12.0 Å². The van der Waals surface area contributed by atoms with E-state index >= 15 is 0 Å². The second kappa shape index (κ2) is 6.74. The molecule has 1 aromatic rings. The predicted octanol–water partition coefficient (Wildman–Crippen LogP) is 1.86. The average molecular weight is 237 g/mol. The van der Waals surface area contributed by atoms with Crippen LogP contribution in [0, 0.1) is 0 Å². The second-order valence-corrected chi connectivity index (χ2v) is 4.74. The Bertz CT molecular complexity index is 311. The van der Waals surface area contributed by atoms with E-state index in [1.54, 1.807) is 0 Å². The van der Waals surface area contributed by atoms with E-state index in [9.17, 15) is 10.2 Å². The molecular weight excluding hydrogens is 214 g/mol. The summed E-state index contributed by atoms with van der Waals surface area (Å²) in [5, 5.41) is 22.9. The molecule has 3 N–H and O–H groups in total. The number of hydrogen-bond acceptors (Lipinski definition) is 3. The van der Waals surface area contributed by atoms with E-state index in [1.807, 2.05) is 44.2 Å². The van der Waals surface area contributed by atoms with Gasteiger partial charge in [-0.15, -0.1) is 0 Å². The van der Waals surface area contributed by atoms with E-state index in [-0.39, 0.29) is 0 Å². The second-order valence-electron chi connectivity index (χ2n) is 4.74. The van der Waals surface area contributed by atoms with Gasteiger partial charge in [0.1, 0.15) is 0 Å². The van der Waals surface area contributed by atoms with Gasteiger partial charge in [-0.1, -0.05) is 37.3 Å². The number of hydrogen-bond donors (Lipinski definition) is 3. The van der Waals surface area contributed by atoms with Crippen LogP contribution in [0.3, 0.4) is 0 Å². The van der Waals surface area contributed by atoms with E-state index in [4.69, 9.17) is 0 Å². The quantitative estimate of drug-likeness (QED) is 0.634. The van der Waals surface area contributed by atoms with Gasteiger partial charge in [-0.25, -0.2) is 0 Å². The number of aliphatic hydroxyl groups is 2. The number of rotatable bonds is 7. The van der Waals surface area contributed by atoms with Crippen LogP contribution in [0.2, 0.25) is 0 Å². The molecule has 0 fully saturated rings. The highest BCUT2D eigenvalue weighted by atomic mass is 16.3. The number of nitrogens with one attached hydrogen (secondary N) is 1. The number of aliphatic hydroxyl groups excluding tert-OH is 1. The van der Waals surface area contributed by atoms with Gasteiger partial charge in [0.05, 0.1) is 11.7 Å². The lowest BCUT2D eigenvalue weighted by atomic mass is 10.0. The Morgan fingerprint density at radius 3 is 2.53 bits per heavy atom. The van der Waals surface area contributed by atoms with Crippen LogP contribution in [-0.2, 0) is 0 Å². The van der Waals surface area contributed by atoms with Gasteiger partial charge < -0.3 is 15.5 Å². The topological polar surface area (TPSA) is 52.5 Å². The van der Waals surface area contributed by atoms with Crippen molar-refractivity contribution in [1.29, 1.82) is 0 Å². The van der Waals surface area contributed by atoms with Crippen molar-refractivity contribution in [2.45, 2.75) is 38.4 Å². The van der Waals surface area contributed by atoms with Crippen molar-refractivity contribution >= 4 is 0 Å². The fraction of sp³-hybridized carbons (Fsp3) is 0.571. The Hall–Kier alpha value is -0.900. The van der Waals surface area contributed by atoms with Gasteiger partial charge in [0.25, 0.3) is 0 Å². The van der Waals surface area contributed by atoms with E-state index in [0.29, 0.717) is 19.5 Å². The fourth-order valence-corrected chi connectivity index (χ4v) is 1.56. The molecule has 0 saturated heterocycles. The predicted molar refractivity (Wildman–Crippen MR) is 69.8 cm³/mol. The molecule has 0 amide bonds. The highest BCUT2D eigenvalue weighted by Gasteiger charge is 2.16. The Kier molecular flexibility index (Phi) is 5.62. The molecule has 96 valence electrons. The summed E-state index contributed by atoms with van der Waals surface area (Å²) in [7, 11) is 0. The van der Waals surface area contributed by atoms with E-state index in [2.05, 4.69) is 5.32 Å². The van der Waals surface area contributed by atoms with Crippen molar-refractivity contribution in [3.8, 4) is 0 Å². The zero-order valence-electron chi connectivity index (χ0n) is 10.7. The monoisotopic (exact) mass is 237 g/mol. The van der Waals surface area contributed by atoms with Crippen molar-refractivity contribution in [3.63, 3.8) is 0 Å². The zero-order chi connectivity index (χ0) is 12.7.